The van der Waals surface area contributed by atoms with E-state index in [1.165, 1.54) is 4.90 Å². The van der Waals surface area contributed by atoms with E-state index in [0.29, 0.717) is 5.82 Å². The summed E-state index contributed by atoms with van der Waals surface area (Å²) in [6.07, 6.45) is 0. The zero-order chi connectivity index (χ0) is 15.8. The third-order valence-corrected chi connectivity index (χ3v) is 3.84. The number of imide groups is 1. The molecule has 0 saturated heterocycles. The molecule has 3 aromatic rings. The molecule has 1 aromatic heterocycles. The summed E-state index contributed by atoms with van der Waals surface area (Å²) in [6, 6.07) is 18.9. The molecule has 2 heterocycles. The number of H-pyrrole nitrogens is 1. The average molecular weight is 303 g/mol. The predicted octanol–water partition coefficient (Wildman–Crippen LogP) is 2.87. The highest BCUT2D eigenvalue weighted by Crippen LogP contribution is 2.26. The zero-order valence-corrected chi connectivity index (χ0v) is 12.2. The monoisotopic (exact) mass is 303 g/mol. The van der Waals surface area contributed by atoms with Crippen LogP contribution in [-0.4, -0.2) is 26.7 Å². The van der Waals surface area contributed by atoms with Crippen molar-refractivity contribution in [1.82, 2.24) is 14.9 Å². The molecule has 0 spiro atoms. The molecule has 0 radical (unpaired) electrons. The fourth-order valence-corrected chi connectivity index (χ4v) is 2.68. The molecule has 0 atom stereocenters. The van der Waals surface area contributed by atoms with Crippen molar-refractivity contribution in [3.8, 4) is 11.4 Å². The van der Waals surface area contributed by atoms with Crippen LogP contribution in [0.25, 0.3) is 11.4 Å². The van der Waals surface area contributed by atoms with Crippen molar-refractivity contribution >= 4 is 11.8 Å². The molecule has 1 aliphatic rings. The molecule has 2 amide bonds. The molecule has 112 valence electrons. The lowest BCUT2D eigenvalue weighted by atomic mass is 10.2. The molecule has 5 heteroatoms. The van der Waals surface area contributed by atoms with Crippen LogP contribution in [0.5, 0.6) is 0 Å². The molecule has 5 nitrogen and oxygen atoms in total. The van der Waals surface area contributed by atoms with Crippen molar-refractivity contribution in [2.45, 2.75) is 6.54 Å². The third-order valence-electron chi connectivity index (χ3n) is 3.84. The second-order valence-corrected chi connectivity index (χ2v) is 5.36. The molecule has 1 N–H and O–H groups in total. The second-order valence-electron chi connectivity index (χ2n) is 5.36. The first-order valence-corrected chi connectivity index (χ1v) is 7.29. The molecule has 1 aliphatic heterocycles. The number of aromatic amines is 1. The van der Waals surface area contributed by atoms with Gasteiger partial charge in [0.25, 0.3) is 11.8 Å². The van der Waals surface area contributed by atoms with E-state index in [0.717, 1.165) is 11.1 Å². The number of imidazole rings is 1. The van der Waals surface area contributed by atoms with E-state index in [1.54, 1.807) is 0 Å². The SMILES string of the molecule is O=C1c2nc(-c3ccccc3)[nH]c2C(=O)N1Cc1ccccc1. The molecule has 2 aromatic carbocycles. The predicted molar refractivity (Wildman–Crippen MR) is 84.7 cm³/mol. The van der Waals surface area contributed by atoms with Gasteiger partial charge in [0, 0.05) is 5.56 Å². The molecular formula is C18H13N3O2. The lowest BCUT2D eigenvalue weighted by Gasteiger charge is -2.13. The highest BCUT2D eigenvalue weighted by molar-refractivity contribution is 6.19. The van der Waals surface area contributed by atoms with Crippen LogP contribution < -0.4 is 0 Å². The highest BCUT2D eigenvalue weighted by Gasteiger charge is 2.39. The molecule has 0 saturated carbocycles. The Morgan fingerprint density at radius 3 is 2.17 bits per heavy atom. The Labute approximate surface area is 132 Å². The maximum absolute atomic E-state index is 12.5. The van der Waals surface area contributed by atoms with Crippen LogP contribution in [0.15, 0.2) is 60.7 Å². The van der Waals surface area contributed by atoms with Crippen LogP contribution in [0, 0.1) is 0 Å². The Kier molecular flexibility index (Phi) is 3.05. The molecule has 23 heavy (non-hydrogen) atoms. The van der Waals surface area contributed by atoms with Crippen molar-refractivity contribution < 1.29 is 9.59 Å². The van der Waals surface area contributed by atoms with Crippen molar-refractivity contribution in [2.24, 2.45) is 0 Å². The van der Waals surface area contributed by atoms with Crippen LogP contribution in [-0.2, 0) is 6.54 Å². The van der Waals surface area contributed by atoms with Gasteiger partial charge in [-0.2, -0.15) is 0 Å². The van der Waals surface area contributed by atoms with Crippen LogP contribution in [0.4, 0.5) is 0 Å². The number of benzene rings is 2. The summed E-state index contributed by atoms with van der Waals surface area (Å²) in [6.45, 7) is 0.253. The maximum Gasteiger partial charge on any atom is 0.282 e. The van der Waals surface area contributed by atoms with Gasteiger partial charge in [-0.05, 0) is 5.56 Å². The number of nitrogens with one attached hydrogen (secondary N) is 1. The smallest absolute Gasteiger partial charge is 0.282 e. The number of carbonyl (C=O) groups is 2. The van der Waals surface area contributed by atoms with E-state index in [-0.39, 0.29) is 29.7 Å². The van der Waals surface area contributed by atoms with Gasteiger partial charge < -0.3 is 4.98 Å². The summed E-state index contributed by atoms with van der Waals surface area (Å²) in [5.41, 5.74) is 2.22. The number of carbonyl (C=O) groups excluding carboxylic acids is 2. The average Bonchev–Trinajstić information content (AvgIpc) is 3.13. The van der Waals surface area contributed by atoms with Crippen LogP contribution in [0.2, 0.25) is 0 Å². The first-order chi connectivity index (χ1) is 11.2. The highest BCUT2D eigenvalue weighted by atomic mass is 16.2. The fourth-order valence-electron chi connectivity index (χ4n) is 2.68. The molecule has 0 bridgehead atoms. The number of rotatable bonds is 3. The van der Waals surface area contributed by atoms with E-state index < -0.39 is 0 Å². The number of amides is 2. The Balaban J connectivity index is 1.65. The van der Waals surface area contributed by atoms with Crippen molar-refractivity contribution in [3.05, 3.63) is 77.6 Å². The minimum atomic E-state index is -0.354. The quantitative estimate of drug-likeness (QED) is 0.757. The van der Waals surface area contributed by atoms with Gasteiger partial charge in [-0.1, -0.05) is 60.7 Å². The molecule has 0 unspecified atom stereocenters. The van der Waals surface area contributed by atoms with Crippen molar-refractivity contribution in [2.75, 3.05) is 0 Å². The third kappa shape index (κ3) is 2.23. The molecular weight excluding hydrogens is 290 g/mol. The standard InChI is InChI=1S/C18H13N3O2/c22-17-14-15(20-16(19-14)13-9-5-2-6-10-13)18(23)21(17)11-12-7-3-1-4-8-12/h1-10H,11H2,(H,19,20). The number of nitrogens with zero attached hydrogens (tertiary/aromatic N) is 2. The second kappa shape index (κ2) is 5.21. The van der Waals surface area contributed by atoms with Crippen molar-refractivity contribution in [3.63, 3.8) is 0 Å². The lowest BCUT2D eigenvalue weighted by molar-refractivity contribution is 0.0637. The summed E-state index contributed by atoms with van der Waals surface area (Å²) < 4.78 is 0. The lowest BCUT2D eigenvalue weighted by Crippen LogP contribution is -2.29. The minimum absolute atomic E-state index is 0.199. The number of fused-ring (bicyclic) bond motifs is 1. The first-order valence-electron chi connectivity index (χ1n) is 7.29. The summed E-state index contributed by atoms with van der Waals surface area (Å²) in [5.74, 6) is -0.146. The first kappa shape index (κ1) is 13.5. The topological polar surface area (TPSA) is 66.1 Å². The molecule has 4 rings (SSSR count). The Morgan fingerprint density at radius 1 is 0.870 bits per heavy atom. The molecule has 0 aliphatic carbocycles. The number of hydrogen-bond donors (Lipinski definition) is 1. The van der Waals surface area contributed by atoms with Crippen molar-refractivity contribution in [1.29, 1.82) is 0 Å². The number of aromatic nitrogens is 2. The van der Waals surface area contributed by atoms with Crippen LogP contribution in [0.3, 0.4) is 0 Å². The van der Waals surface area contributed by atoms with Gasteiger partial charge in [0.15, 0.2) is 5.69 Å². The van der Waals surface area contributed by atoms with E-state index in [2.05, 4.69) is 9.97 Å². The summed E-state index contributed by atoms with van der Waals surface area (Å²) in [7, 11) is 0. The summed E-state index contributed by atoms with van der Waals surface area (Å²) in [4.78, 5) is 33.5. The molecule has 0 fully saturated rings. The largest absolute Gasteiger partial charge is 0.333 e. The van der Waals surface area contributed by atoms with E-state index in [4.69, 9.17) is 0 Å². The summed E-state index contributed by atoms with van der Waals surface area (Å²) >= 11 is 0. The van der Waals surface area contributed by atoms with Crippen LogP contribution in [0.1, 0.15) is 26.5 Å². The van der Waals surface area contributed by atoms with Gasteiger partial charge in [-0.15, -0.1) is 0 Å². The van der Waals surface area contributed by atoms with Gasteiger partial charge in [-0.3, -0.25) is 14.5 Å². The minimum Gasteiger partial charge on any atom is -0.333 e. The Bertz CT molecular complexity index is 852. The maximum atomic E-state index is 12.5. The zero-order valence-electron chi connectivity index (χ0n) is 12.2. The summed E-state index contributed by atoms with van der Waals surface area (Å²) in [5, 5.41) is 0. The van der Waals surface area contributed by atoms with E-state index >= 15 is 0 Å². The Hall–Kier alpha value is -3.21. The van der Waals surface area contributed by atoms with Gasteiger partial charge >= 0.3 is 0 Å². The fraction of sp³-hybridized carbons (Fsp3) is 0.0556. The van der Waals surface area contributed by atoms with Gasteiger partial charge in [-0.25, -0.2) is 4.98 Å². The van der Waals surface area contributed by atoms with Gasteiger partial charge in [0.2, 0.25) is 0 Å². The number of hydrogen-bond acceptors (Lipinski definition) is 3. The van der Waals surface area contributed by atoms with Gasteiger partial charge in [0.1, 0.15) is 11.5 Å². The van der Waals surface area contributed by atoms with Crippen LogP contribution >= 0.6 is 0 Å². The Morgan fingerprint density at radius 2 is 1.52 bits per heavy atom. The van der Waals surface area contributed by atoms with E-state index in [9.17, 15) is 9.59 Å². The van der Waals surface area contributed by atoms with E-state index in [1.807, 2.05) is 60.7 Å². The normalized spacial score (nSPS) is 13.5. The van der Waals surface area contributed by atoms with Gasteiger partial charge in [0.05, 0.1) is 6.54 Å².